The van der Waals surface area contributed by atoms with Crippen LogP contribution in [0.25, 0.3) is 0 Å². The lowest BCUT2D eigenvalue weighted by Gasteiger charge is -2.11. The van der Waals surface area contributed by atoms with E-state index in [2.05, 4.69) is 37.2 Å². The van der Waals surface area contributed by atoms with Crippen LogP contribution in [0.2, 0.25) is 0 Å². The van der Waals surface area contributed by atoms with Crippen molar-refractivity contribution in [1.29, 1.82) is 0 Å². The number of rotatable bonds is 3. The molecule has 0 saturated heterocycles. The zero-order chi connectivity index (χ0) is 14.0. The standard InChI is InChI=1S/C13H9Br2FN2S/c14-8-2-4-12(10(16)6-8)18-11-3-1-7(13(17)19)5-9(11)15/h1-6,18H,(H2,17,19). The van der Waals surface area contributed by atoms with E-state index in [1.807, 2.05) is 0 Å². The van der Waals surface area contributed by atoms with Gasteiger partial charge in [-0.3, -0.25) is 0 Å². The normalized spacial score (nSPS) is 10.3. The molecule has 0 bridgehead atoms. The molecule has 6 heteroatoms. The lowest BCUT2D eigenvalue weighted by atomic mass is 10.2. The molecule has 0 heterocycles. The highest BCUT2D eigenvalue weighted by molar-refractivity contribution is 9.10. The van der Waals surface area contributed by atoms with Crippen LogP contribution < -0.4 is 11.1 Å². The van der Waals surface area contributed by atoms with Crippen molar-refractivity contribution in [2.75, 3.05) is 5.32 Å². The SMILES string of the molecule is NC(=S)c1ccc(Nc2ccc(Br)cc2F)c(Br)c1. The summed E-state index contributed by atoms with van der Waals surface area (Å²) in [6.07, 6.45) is 0. The van der Waals surface area contributed by atoms with Gasteiger partial charge < -0.3 is 11.1 Å². The van der Waals surface area contributed by atoms with Gasteiger partial charge in [-0.05, 0) is 52.3 Å². The minimum atomic E-state index is -0.334. The van der Waals surface area contributed by atoms with Crippen LogP contribution in [0.5, 0.6) is 0 Å². The molecular formula is C13H9Br2FN2S. The van der Waals surface area contributed by atoms with Gasteiger partial charge in [0.2, 0.25) is 0 Å². The molecule has 0 amide bonds. The first kappa shape index (κ1) is 14.4. The molecule has 2 aromatic rings. The van der Waals surface area contributed by atoms with Gasteiger partial charge in [0, 0.05) is 14.5 Å². The summed E-state index contributed by atoms with van der Waals surface area (Å²) in [7, 11) is 0. The first-order valence-corrected chi connectivity index (χ1v) is 7.28. The van der Waals surface area contributed by atoms with Crippen molar-refractivity contribution >= 4 is 60.4 Å². The summed E-state index contributed by atoms with van der Waals surface area (Å²) >= 11 is 11.5. The van der Waals surface area contributed by atoms with E-state index < -0.39 is 0 Å². The molecule has 2 rings (SSSR count). The van der Waals surface area contributed by atoms with Gasteiger partial charge in [0.25, 0.3) is 0 Å². The van der Waals surface area contributed by atoms with Crippen LogP contribution in [0.15, 0.2) is 45.3 Å². The van der Waals surface area contributed by atoms with E-state index in [0.29, 0.717) is 15.1 Å². The molecule has 3 N–H and O–H groups in total. The second-order valence-electron chi connectivity index (χ2n) is 3.81. The molecule has 0 aromatic heterocycles. The van der Waals surface area contributed by atoms with Crippen LogP contribution in [-0.2, 0) is 0 Å². The first-order chi connectivity index (χ1) is 8.97. The van der Waals surface area contributed by atoms with Crippen molar-refractivity contribution in [1.82, 2.24) is 0 Å². The average Bonchev–Trinajstić information content (AvgIpc) is 2.34. The number of nitrogens with one attached hydrogen (secondary N) is 1. The van der Waals surface area contributed by atoms with Gasteiger partial charge in [-0.15, -0.1) is 0 Å². The summed E-state index contributed by atoms with van der Waals surface area (Å²) in [5.41, 5.74) is 7.44. The molecule has 0 atom stereocenters. The number of halogens is 3. The summed E-state index contributed by atoms with van der Waals surface area (Å²) in [6, 6.07) is 10.2. The molecule has 0 aliphatic rings. The van der Waals surface area contributed by atoms with E-state index in [1.54, 1.807) is 30.3 Å². The third-order valence-corrected chi connectivity index (χ3v) is 3.84. The smallest absolute Gasteiger partial charge is 0.147 e. The van der Waals surface area contributed by atoms with Crippen LogP contribution in [0.1, 0.15) is 5.56 Å². The predicted molar refractivity (Wildman–Crippen MR) is 87.4 cm³/mol. The maximum atomic E-state index is 13.7. The summed E-state index contributed by atoms with van der Waals surface area (Å²) in [6.45, 7) is 0. The van der Waals surface area contributed by atoms with Gasteiger partial charge in [0.15, 0.2) is 0 Å². The zero-order valence-corrected chi connectivity index (χ0v) is 13.6. The lowest BCUT2D eigenvalue weighted by Crippen LogP contribution is -2.09. The maximum Gasteiger partial charge on any atom is 0.147 e. The molecule has 0 radical (unpaired) electrons. The van der Waals surface area contributed by atoms with E-state index in [-0.39, 0.29) is 5.82 Å². The van der Waals surface area contributed by atoms with E-state index >= 15 is 0 Å². The number of anilines is 2. The van der Waals surface area contributed by atoms with Gasteiger partial charge in [0.1, 0.15) is 10.8 Å². The highest BCUT2D eigenvalue weighted by Crippen LogP contribution is 2.29. The maximum absolute atomic E-state index is 13.7. The molecule has 0 spiro atoms. The fourth-order valence-corrected chi connectivity index (χ4v) is 2.44. The summed E-state index contributed by atoms with van der Waals surface area (Å²) in [5, 5.41) is 3.01. The molecule has 2 aromatic carbocycles. The third-order valence-electron chi connectivity index (χ3n) is 2.45. The Bertz CT molecular complexity index is 647. The fraction of sp³-hybridized carbons (Fsp3) is 0. The van der Waals surface area contributed by atoms with Gasteiger partial charge in [-0.1, -0.05) is 28.1 Å². The van der Waals surface area contributed by atoms with Gasteiger partial charge in [0.05, 0.1) is 11.4 Å². The topological polar surface area (TPSA) is 38.0 Å². The van der Waals surface area contributed by atoms with E-state index in [9.17, 15) is 4.39 Å². The van der Waals surface area contributed by atoms with Crippen molar-refractivity contribution in [2.24, 2.45) is 5.73 Å². The van der Waals surface area contributed by atoms with Crippen molar-refractivity contribution in [3.63, 3.8) is 0 Å². The molecule has 0 aliphatic carbocycles. The van der Waals surface area contributed by atoms with Crippen molar-refractivity contribution in [2.45, 2.75) is 0 Å². The molecule has 0 saturated carbocycles. The van der Waals surface area contributed by atoms with E-state index in [4.69, 9.17) is 18.0 Å². The Morgan fingerprint density at radius 1 is 1.11 bits per heavy atom. The van der Waals surface area contributed by atoms with Crippen LogP contribution in [-0.4, -0.2) is 4.99 Å². The summed E-state index contributed by atoms with van der Waals surface area (Å²) in [5.74, 6) is -0.334. The van der Waals surface area contributed by atoms with Crippen molar-refractivity contribution in [3.05, 3.63) is 56.7 Å². The Labute approximate surface area is 132 Å². The Morgan fingerprint density at radius 3 is 2.37 bits per heavy atom. The van der Waals surface area contributed by atoms with Crippen LogP contribution in [0, 0.1) is 5.82 Å². The molecule has 98 valence electrons. The quantitative estimate of drug-likeness (QED) is 0.727. The van der Waals surface area contributed by atoms with E-state index in [0.717, 1.165) is 15.7 Å². The molecule has 0 fully saturated rings. The lowest BCUT2D eigenvalue weighted by molar-refractivity contribution is 0.631. The van der Waals surface area contributed by atoms with Crippen LogP contribution in [0.4, 0.5) is 15.8 Å². The highest BCUT2D eigenvalue weighted by atomic mass is 79.9. The van der Waals surface area contributed by atoms with Gasteiger partial charge in [-0.25, -0.2) is 4.39 Å². The predicted octanol–water partition coefficient (Wildman–Crippen LogP) is 4.73. The van der Waals surface area contributed by atoms with Crippen molar-refractivity contribution < 1.29 is 4.39 Å². The number of nitrogens with two attached hydrogens (primary N) is 1. The monoisotopic (exact) mass is 402 g/mol. The Hall–Kier alpha value is -0.980. The third kappa shape index (κ3) is 3.52. The molecule has 0 aliphatic heterocycles. The van der Waals surface area contributed by atoms with E-state index in [1.165, 1.54) is 6.07 Å². The number of thiocarbonyl (C=S) groups is 1. The Balaban J connectivity index is 2.31. The molecule has 19 heavy (non-hydrogen) atoms. The second kappa shape index (κ2) is 5.98. The summed E-state index contributed by atoms with van der Waals surface area (Å²) in [4.78, 5) is 0.321. The van der Waals surface area contributed by atoms with Crippen LogP contribution in [0.3, 0.4) is 0 Å². The van der Waals surface area contributed by atoms with Crippen LogP contribution >= 0.6 is 44.1 Å². The number of hydrogen-bond acceptors (Lipinski definition) is 2. The van der Waals surface area contributed by atoms with Gasteiger partial charge in [-0.2, -0.15) is 0 Å². The number of hydrogen-bond donors (Lipinski definition) is 2. The minimum absolute atomic E-state index is 0.321. The minimum Gasteiger partial charge on any atom is -0.389 e. The second-order valence-corrected chi connectivity index (χ2v) is 6.02. The number of benzene rings is 2. The first-order valence-electron chi connectivity index (χ1n) is 5.29. The zero-order valence-electron chi connectivity index (χ0n) is 9.58. The fourth-order valence-electron chi connectivity index (χ4n) is 1.51. The Morgan fingerprint density at radius 2 is 1.79 bits per heavy atom. The molecular weight excluding hydrogens is 395 g/mol. The molecule has 0 unspecified atom stereocenters. The largest absolute Gasteiger partial charge is 0.389 e. The highest BCUT2D eigenvalue weighted by Gasteiger charge is 2.07. The van der Waals surface area contributed by atoms with Crippen molar-refractivity contribution in [3.8, 4) is 0 Å². The molecule has 2 nitrogen and oxygen atoms in total. The average molecular weight is 404 g/mol. The van der Waals surface area contributed by atoms with Gasteiger partial charge >= 0.3 is 0 Å². The Kier molecular flexibility index (Phi) is 4.54. The summed E-state index contributed by atoms with van der Waals surface area (Å²) < 4.78 is 15.2.